The summed E-state index contributed by atoms with van der Waals surface area (Å²) in [5, 5.41) is 22.8. The number of nitrogens with one attached hydrogen (secondary N) is 2. The van der Waals surface area contributed by atoms with Gasteiger partial charge in [0.05, 0.1) is 12.5 Å². The smallest absolute Gasteiger partial charge is 0.326 e. The maximum atomic E-state index is 13.1. The summed E-state index contributed by atoms with van der Waals surface area (Å²) in [5.74, 6) is -4.56. The molecule has 1 aliphatic rings. The van der Waals surface area contributed by atoms with Crippen LogP contribution in [0.3, 0.4) is 0 Å². The molecule has 3 amide bonds. The molecule has 0 spiro atoms. The minimum Gasteiger partial charge on any atom is -0.481 e. The van der Waals surface area contributed by atoms with E-state index in [1.807, 2.05) is 0 Å². The first-order valence-corrected chi connectivity index (χ1v) is 10.7. The Morgan fingerprint density at radius 3 is 2.32 bits per heavy atom. The molecule has 0 bridgehead atoms. The standard InChI is InChI=1S/C18H31N5O7S/c19-6-2-1-4-11(21-15(26)10(20)9-31)17(28)23-7-3-5-13(23)16(27)22-12(18(29)30)8-14(24)25/h10-13,31H,1-9,19-20H2,(H,21,26)(H,22,27)(H,24,25)(H,29,30). The molecule has 4 atom stereocenters. The lowest BCUT2D eigenvalue weighted by Gasteiger charge is -2.30. The average molecular weight is 462 g/mol. The summed E-state index contributed by atoms with van der Waals surface area (Å²) < 4.78 is 0. The minimum atomic E-state index is -1.61. The topological polar surface area (TPSA) is 205 Å². The zero-order chi connectivity index (χ0) is 23.6. The highest BCUT2D eigenvalue weighted by Crippen LogP contribution is 2.20. The molecule has 1 heterocycles. The second-order valence-corrected chi connectivity index (χ2v) is 7.69. The highest BCUT2D eigenvalue weighted by atomic mass is 32.1. The SMILES string of the molecule is NCCCCC(NC(=O)C(N)CS)C(=O)N1CCCC1C(=O)NC(CC(=O)O)C(=O)O. The van der Waals surface area contributed by atoms with Crippen LogP contribution < -0.4 is 22.1 Å². The van der Waals surface area contributed by atoms with Crippen LogP contribution in [0.25, 0.3) is 0 Å². The van der Waals surface area contributed by atoms with E-state index < -0.39 is 60.2 Å². The summed E-state index contributed by atoms with van der Waals surface area (Å²) >= 11 is 3.97. The third kappa shape index (κ3) is 8.34. The van der Waals surface area contributed by atoms with E-state index >= 15 is 0 Å². The van der Waals surface area contributed by atoms with Crippen LogP contribution in [0.1, 0.15) is 38.5 Å². The Kier molecular flexibility index (Phi) is 11.3. The number of carboxylic acid groups (broad SMARTS) is 2. The van der Waals surface area contributed by atoms with Crippen molar-refractivity contribution in [1.29, 1.82) is 0 Å². The van der Waals surface area contributed by atoms with Crippen LogP contribution in [-0.2, 0) is 24.0 Å². The number of hydrogen-bond donors (Lipinski definition) is 7. The number of carbonyl (C=O) groups excluding carboxylic acids is 3. The molecule has 0 saturated carbocycles. The summed E-state index contributed by atoms with van der Waals surface area (Å²) in [6, 6.07) is -4.41. The van der Waals surface area contributed by atoms with Gasteiger partial charge in [-0.05, 0) is 38.6 Å². The largest absolute Gasteiger partial charge is 0.481 e. The maximum Gasteiger partial charge on any atom is 0.326 e. The van der Waals surface area contributed by atoms with Gasteiger partial charge in [0.2, 0.25) is 17.7 Å². The van der Waals surface area contributed by atoms with Crippen LogP contribution in [0.5, 0.6) is 0 Å². The van der Waals surface area contributed by atoms with Gasteiger partial charge in [-0.3, -0.25) is 19.2 Å². The fraction of sp³-hybridized carbons (Fsp3) is 0.722. The van der Waals surface area contributed by atoms with Gasteiger partial charge in [-0.15, -0.1) is 0 Å². The van der Waals surface area contributed by atoms with E-state index in [0.29, 0.717) is 32.2 Å². The lowest BCUT2D eigenvalue weighted by Crippen LogP contribution is -2.57. The second-order valence-electron chi connectivity index (χ2n) is 7.32. The quantitative estimate of drug-likeness (QED) is 0.118. The van der Waals surface area contributed by atoms with Crippen LogP contribution in [0.15, 0.2) is 0 Å². The van der Waals surface area contributed by atoms with Crippen LogP contribution in [0, 0.1) is 0 Å². The molecule has 0 aromatic heterocycles. The zero-order valence-corrected chi connectivity index (χ0v) is 18.1. The molecule has 0 aromatic carbocycles. The number of likely N-dealkylation sites (tertiary alicyclic amines) is 1. The van der Waals surface area contributed by atoms with Crippen LogP contribution >= 0.6 is 12.6 Å². The van der Waals surface area contributed by atoms with Gasteiger partial charge in [0, 0.05) is 12.3 Å². The lowest BCUT2D eigenvalue weighted by atomic mass is 10.1. The highest BCUT2D eigenvalue weighted by Gasteiger charge is 2.39. The summed E-state index contributed by atoms with van der Waals surface area (Å²) in [5.41, 5.74) is 11.2. The van der Waals surface area contributed by atoms with Crippen molar-refractivity contribution in [3.05, 3.63) is 0 Å². The van der Waals surface area contributed by atoms with E-state index in [4.69, 9.17) is 21.7 Å². The number of carbonyl (C=O) groups is 5. The predicted octanol–water partition coefficient (Wildman–Crippen LogP) is -2.11. The lowest BCUT2D eigenvalue weighted by molar-refractivity contribution is -0.148. The van der Waals surface area contributed by atoms with Gasteiger partial charge in [-0.2, -0.15) is 12.6 Å². The number of carboxylic acids is 2. The predicted molar refractivity (Wildman–Crippen MR) is 113 cm³/mol. The third-order valence-corrected chi connectivity index (χ3v) is 5.32. The Morgan fingerprint density at radius 2 is 1.77 bits per heavy atom. The molecule has 1 aliphatic heterocycles. The number of unbranched alkanes of at least 4 members (excludes halogenated alkanes) is 1. The summed E-state index contributed by atoms with van der Waals surface area (Å²) in [6.45, 7) is 0.662. The van der Waals surface area contributed by atoms with E-state index in [2.05, 4.69) is 23.3 Å². The van der Waals surface area contributed by atoms with Crippen LogP contribution in [0.2, 0.25) is 0 Å². The molecule has 31 heavy (non-hydrogen) atoms. The number of rotatable bonds is 13. The summed E-state index contributed by atoms with van der Waals surface area (Å²) in [7, 11) is 0. The van der Waals surface area contributed by atoms with Crippen LogP contribution in [0.4, 0.5) is 0 Å². The number of nitrogens with zero attached hydrogens (tertiary/aromatic N) is 1. The van der Waals surface area contributed by atoms with Gasteiger partial charge in [0.25, 0.3) is 0 Å². The molecule has 176 valence electrons. The molecule has 0 radical (unpaired) electrons. The average Bonchev–Trinajstić information content (AvgIpc) is 3.20. The molecule has 13 heteroatoms. The molecule has 1 saturated heterocycles. The molecule has 1 rings (SSSR count). The number of amides is 3. The van der Waals surface area contributed by atoms with Crippen molar-refractivity contribution in [1.82, 2.24) is 15.5 Å². The molecule has 0 aliphatic carbocycles. The van der Waals surface area contributed by atoms with Crippen molar-refractivity contribution in [2.45, 2.75) is 62.7 Å². The monoisotopic (exact) mass is 461 g/mol. The van der Waals surface area contributed by atoms with Crippen molar-refractivity contribution in [2.75, 3.05) is 18.8 Å². The zero-order valence-electron chi connectivity index (χ0n) is 17.2. The fourth-order valence-corrected chi connectivity index (χ4v) is 3.42. The highest BCUT2D eigenvalue weighted by molar-refractivity contribution is 7.80. The minimum absolute atomic E-state index is 0.0877. The van der Waals surface area contributed by atoms with E-state index in [9.17, 15) is 24.0 Å². The molecule has 4 unspecified atom stereocenters. The first-order chi connectivity index (χ1) is 14.6. The number of thiol groups is 1. The molecule has 12 nitrogen and oxygen atoms in total. The second kappa shape index (κ2) is 13.1. The molecule has 8 N–H and O–H groups in total. The summed E-state index contributed by atoms with van der Waals surface area (Å²) in [4.78, 5) is 61.3. The van der Waals surface area contributed by atoms with E-state index in [1.54, 1.807) is 0 Å². The molecule has 1 fully saturated rings. The Bertz CT molecular complexity index is 678. The third-order valence-electron chi connectivity index (χ3n) is 4.93. The van der Waals surface area contributed by atoms with Crippen LogP contribution in [-0.4, -0.2) is 87.8 Å². The van der Waals surface area contributed by atoms with Gasteiger partial charge < -0.3 is 37.2 Å². The Morgan fingerprint density at radius 1 is 1.10 bits per heavy atom. The van der Waals surface area contributed by atoms with Crippen molar-refractivity contribution in [3.8, 4) is 0 Å². The van der Waals surface area contributed by atoms with Crippen molar-refractivity contribution < 1.29 is 34.2 Å². The first kappa shape index (κ1) is 26.7. The number of aliphatic carboxylic acids is 2. The fourth-order valence-electron chi connectivity index (χ4n) is 3.26. The van der Waals surface area contributed by atoms with Crippen molar-refractivity contribution in [3.63, 3.8) is 0 Å². The maximum absolute atomic E-state index is 13.1. The number of hydrogen-bond acceptors (Lipinski definition) is 8. The van der Waals surface area contributed by atoms with Crippen molar-refractivity contribution in [2.24, 2.45) is 11.5 Å². The Labute approximate surface area is 185 Å². The van der Waals surface area contributed by atoms with E-state index in [1.165, 1.54) is 4.90 Å². The van der Waals surface area contributed by atoms with E-state index in [0.717, 1.165) is 0 Å². The van der Waals surface area contributed by atoms with Gasteiger partial charge in [-0.1, -0.05) is 0 Å². The Balaban J connectivity index is 2.93. The van der Waals surface area contributed by atoms with Gasteiger partial charge in [0.1, 0.15) is 18.1 Å². The normalized spacial score (nSPS) is 18.7. The molecule has 0 aromatic rings. The summed E-state index contributed by atoms with van der Waals surface area (Å²) in [6.07, 6.45) is 1.49. The number of nitrogens with two attached hydrogens (primary N) is 2. The van der Waals surface area contributed by atoms with Gasteiger partial charge in [-0.25, -0.2) is 4.79 Å². The molecular formula is C18H31N5O7S. The van der Waals surface area contributed by atoms with Gasteiger partial charge >= 0.3 is 11.9 Å². The van der Waals surface area contributed by atoms with Gasteiger partial charge in [0.15, 0.2) is 0 Å². The first-order valence-electron chi connectivity index (χ1n) is 10.0. The van der Waals surface area contributed by atoms with Crippen molar-refractivity contribution >= 4 is 42.3 Å². The molecular weight excluding hydrogens is 430 g/mol. The van der Waals surface area contributed by atoms with E-state index in [-0.39, 0.29) is 18.7 Å². The Hall–Kier alpha value is -2.38.